The van der Waals surface area contributed by atoms with E-state index in [-0.39, 0.29) is 6.42 Å². The van der Waals surface area contributed by atoms with Gasteiger partial charge in [0.25, 0.3) is 0 Å². The van der Waals surface area contributed by atoms with Crippen molar-refractivity contribution in [3.8, 4) is 0 Å². The quantitative estimate of drug-likeness (QED) is 0.709. The largest absolute Gasteiger partial charge is 0.481 e. The van der Waals surface area contributed by atoms with E-state index in [0.29, 0.717) is 6.42 Å². The molecule has 0 amide bonds. The van der Waals surface area contributed by atoms with E-state index in [9.17, 15) is 14.4 Å². The molecule has 2 atom stereocenters. The molecule has 0 aliphatic heterocycles. The van der Waals surface area contributed by atoms with E-state index in [0.717, 1.165) is 0 Å². The van der Waals surface area contributed by atoms with E-state index in [2.05, 4.69) is 4.74 Å². The second kappa shape index (κ2) is 7.11. The molecule has 0 spiro atoms. The number of carboxylic acids is 1. The maximum atomic E-state index is 11.7. The summed E-state index contributed by atoms with van der Waals surface area (Å²) in [6.07, 6.45) is -0.109. The molecule has 0 heterocycles. The van der Waals surface area contributed by atoms with E-state index in [1.807, 2.05) is 0 Å². The fourth-order valence-electron chi connectivity index (χ4n) is 1.69. The standard InChI is InChI=1S/C13H22O6/c1-8(11(15)16)6-7-10(19-9(2)14)13(3,4)12(17)18-5/h8,10H,6-7H2,1-5H3,(H,15,16)/t8-,10+/m1/s1. The highest BCUT2D eigenvalue weighted by molar-refractivity contribution is 5.77. The molecule has 0 unspecified atom stereocenters. The SMILES string of the molecule is COC(=O)C(C)(C)[C@H](CC[C@@H](C)C(=O)O)OC(C)=O. The molecular weight excluding hydrogens is 252 g/mol. The van der Waals surface area contributed by atoms with Crippen LogP contribution < -0.4 is 0 Å². The van der Waals surface area contributed by atoms with Gasteiger partial charge in [0.15, 0.2) is 0 Å². The number of methoxy groups -OCH3 is 1. The molecule has 0 aromatic carbocycles. The van der Waals surface area contributed by atoms with Crippen LogP contribution in [0, 0.1) is 11.3 Å². The van der Waals surface area contributed by atoms with Crippen molar-refractivity contribution in [2.45, 2.75) is 46.6 Å². The van der Waals surface area contributed by atoms with Gasteiger partial charge in [0, 0.05) is 6.92 Å². The molecule has 0 saturated carbocycles. The Hall–Kier alpha value is -1.59. The van der Waals surface area contributed by atoms with Crippen molar-refractivity contribution in [1.29, 1.82) is 0 Å². The number of ether oxygens (including phenoxy) is 2. The Morgan fingerprint density at radius 1 is 1.21 bits per heavy atom. The van der Waals surface area contributed by atoms with Crippen LogP contribution in [0.4, 0.5) is 0 Å². The molecular formula is C13H22O6. The smallest absolute Gasteiger partial charge is 0.315 e. The Labute approximate surface area is 113 Å². The second-order valence-electron chi connectivity index (χ2n) is 5.13. The molecule has 0 aliphatic carbocycles. The Balaban J connectivity index is 4.86. The van der Waals surface area contributed by atoms with Crippen LogP contribution in [0.5, 0.6) is 0 Å². The lowest BCUT2D eigenvalue weighted by atomic mass is 9.82. The Morgan fingerprint density at radius 2 is 1.74 bits per heavy atom. The van der Waals surface area contributed by atoms with Gasteiger partial charge < -0.3 is 14.6 Å². The van der Waals surface area contributed by atoms with Gasteiger partial charge in [-0.15, -0.1) is 0 Å². The van der Waals surface area contributed by atoms with E-state index in [1.165, 1.54) is 14.0 Å². The zero-order valence-corrected chi connectivity index (χ0v) is 12.1. The van der Waals surface area contributed by atoms with Crippen LogP contribution in [0.25, 0.3) is 0 Å². The van der Waals surface area contributed by atoms with Crippen molar-refractivity contribution in [1.82, 2.24) is 0 Å². The fourth-order valence-corrected chi connectivity index (χ4v) is 1.69. The molecule has 6 heteroatoms. The summed E-state index contributed by atoms with van der Waals surface area (Å²) in [7, 11) is 1.26. The van der Waals surface area contributed by atoms with Crippen LogP contribution in [0.3, 0.4) is 0 Å². The fraction of sp³-hybridized carbons (Fsp3) is 0.769. The highest BCUT2D eigenvalue weighted by atomic mass is 16.6. The van der Waals surface area contributed by atoms with Gasteiger partial charge in [0.1, 0.15) is 6.10 Å². The van der Waals surface area contributed by atoms with Crippen LogP contribution >= 0.6 is 0 Å². The van der Waals surface area contributed by atoms with E-state index < -0.39 is 35.3 Å². The predicted octanol–water partition coefficient (Wildman–Crippen LogP) is 1.62. The van der Waals surface area contributed by atoms with E-state index >= 15 is 0 Å². The monoisotopic (exact) mass is 274 g/mol. The maximum Gasteiger partial charge on any atom is 0.315 e. The van der Waals surface area contributed by atoms with Gasteiger partial charge in [-0.25, -0.2) is 0 Å². The predicted molar refractivity (Wildman–Crippen MR) is 67.4 cm³/mol. The molecule has 110 valence electrons. The molecule has 0 saturated heterocycles. The van der Waals surface area contributed by atoms with Crippen molar-refractivity contribution < 1.29 is 29.0 Å². The summed E-state index contributed by atoms with van der Waals surface area (Å²) >= 11 is 0. The number of hydrogen-bond acceptors (Lipinski definition) is 5. The first-order valence-corrected chi connectivity index (χ1v) is 6.11. The Kier molecular flexibility index (Phi) is 6.52. The summed E-state index contributed by atoms with van der Waals surface area (Å²) in [5.74, 6) is -2.49. The van der Waals surface area contributed by atoms with Gasteiger partial charge in [0.2, 0.25) is 0 Å². The average molecular weight is 274 g/mol. The van der Waals surface area contributed by atoms with E-state index in [4.69, 9.17) is 9.84 Å². The Morgan fingerprint density at radius 3 is 2.11 bits per heavy atom. The highest BCUT2D eigenvalue weighted by Gasteiger charge is 2.40. The lowest BCUT2D eigenvalue weighted by Gasteiger charge is -2.31. The first-order valence-electron chi connectivity index (χ1n) is 6.11. The first kappa shape index (κ1) is 17.4. The molecule has 0 aromatic rings. The van der Waals surface area contributed by atoms with Gasteiger partial charge in [-0.3, -0.25) is 14.4 Å². The number of carbonyl (C=O) groups excluding carboxylic acids is 2. The summed E-state index contributed by atoms with van der Waals surface area (Å²) in [5, 5.41) is 8.84. The number of aliphatic carboxylic acids is 1. The van der Waals surface area contributed by atoms with E-state index in [1.54, 1.807) is 20.8 Å². The molecule has 0 aliphatic rings. The zero-order valence-electron chi connectivity index (χ0n) is 12.1. The minimum Gasteiger partial charge on any atom is -0.481 e. The first-order chi connectivity index (χ1) is 8.62. The summed E-state index contributed by atoms with van der Waals surface area (Å²) in [5.41, 5.74) is -1.02. The molecule has 19 heavy (non-hydrogen) atoms. The third-order valence-electron chi connectivity index (χ3n) is 3.11. The number of carboxylic acid groups (broad SMARTS) is 1. The summed E-state index contributed by atoms with van der Waals surface area (Å²) in [6, 6.07) is 0. The zero-order chi connectivity index (χ0) is 15.2. The summed E-state index contributed by atoms with van der Waals surface area (Å²) in [6.45, 7) is 6.04. The second-order valence-corrected chi connectivity index (χ2v) is 5.13. The number of rotatable bonds is 7. The normalized spacial score (nSPS) is 14.4. The van der Waals surface area contributed by atoms with Crippen molar-refractivity contribution in [2.75, 3.05) is 7.11 Å². The number of esters is 2. The third kappa shape index (κ3) is 5.28. The third-order valence-corrected chi connectivity index (χ3v) is 3.11. The van der Waals surface area contributed by atoms with Crippen molar-refractivity contribution in [3.05, 3.63) is 0 Å². The van der Waals surface area contributed by atoms with Crippen molar-refractivity contribution >= 4 is 17.9 Å². The molecule has 1 N–H and O–H groups in total. The summed E-state index contributed by atoms with van der Waals surface area (Å²) in [4.78, 5) is 33.6. The van der Waals surface area contributed by atoms with Crippen molar-refractivity contribution in [3.63, 3.8) is 0 Å². The van der Waals surface area contributed by atoms with Crippen LogP contribution in [0.1, 0.15) is 40.5 Å². The van der Waals surface area contributed by atoms with Crippen LogP contribution in [-0.2, 0) is 23.9 Å². The van der Waals surface area contributed by atoms with Crippen LogP contribution in [-0.4, -0.2) is 36.2 Å². The number of hydrogen-bond donors (Lipinski definition) is 1. The minimum absolute atomic E-state index is 0.287. The molecule has 0 bridgehead atoms. The Bertz CT molecular complexity index is 347. The lowest BCUT2D eigenvalue weighted by molar-refractivity contribution is -0.168. The molecule has 0 aromatic heterocycles. The topological polar surface area (TPSA) is 89.9 Å². The summed E-state index contributed by atoms with van der Waals surface area (Å²) < 4.78 is 9.82. The minimum atomic E-state index is -1.02. The van der Waals surface area contributed by atoms with Gasteiger partial charge in [-0.1, -0.05) is 6.92 Å². The highest BCUT2D eigenvalue weighted by Crippen LogP contribution is 2.29. The van der Waals surface area contributed by atoms with Crippen LogP contribution in [0.15, 0.2) is 0 Å². The van der Waals surface area contributed by atoms with Gasteiger partial charge >= 0.3 is 17.9 Å². The molecule has 6 nitrogen and oxygen atoms in total. The van der Waals surface area contributed by atoms with Gasteiger partial charge in [0.05, 0.1) is 18.4 Å². The lowest BCUT2D eigenvalue weighted by Crippen LogP contribution is -2.41. The molecule has 0 rings (SSSR count). The molecule has 0 radical (unpaired) electrons. The van der Waals surface area contributed by atoms with Crippen LogP contribution in [0.2, 0.25) is 0 Å². The van der Waals surface area contributed by atoms with Gasteiger partial charge in [-0.2, -0.15) is 0 Å². The number of carbonyl (C=O) groups is 3. The van der Waals surface area contributed by atoms with Crippen molar-refractivity contribution in [2.24, 2.45) is 11.3 Å². The average Bonchev–Trinajstić information content (AvgIpc) is 2.31. The maximum absolute atomic E-state index is 11.7. The van der Waals surface area contributed by atoms with Gasteiger partial charge in [-0.05, 0) is 26.7 Å². The molecule has 0 fully saturated rings.